The average molecular weight is 189 g/mol. The molecule has 2 rings (SSSR count). The zero-order valence-electron chi connectivity index (χ0n) is 7.73. The van der Waals surface area contributed by atoms with Crippen LogP contribution < -0.4 is 0 Å². The summed E-state index contributed by atoms with van der Waals surface area (Å²) in [7, 11) is 0. The maximum Gasteiger partial charge on any atom is 0.235 e. The summed E-state index contributed by atoms with van der Waals surface area (Å²) in [6.07, 6.45) is 3.97. The number of aromatic hydroxyl groups is 1. The maximum absolute atomic E-state index is 10.1. The van der Waals surface area contributed by atoms with Gasteiger partial charge in [-0.2, -0.15) is 0 Å². The van der Waals surface area contributed by atoms with Gasteiger partial charge in [0, 0.05) is 0 Å². The zero-order valence-corrected chi connectivity index (χ0v) is 7.73. The number of hydrogen-bond donors (Lipinski definition) is 1. The second kappa shape index (κ2) is 3.64. The van der Waals surface area contributed by atoms with Crippen LogP contribution in [0.2, 0.25) is 0 Å². The summed E-state index contributed by atoms with van der Waals surface area (Å²) < 4.78 is 0. The molecule has 1 unspecified atom stereocenters. The van der Waals surface area contributed by atoms with Crippen LogP contribution in [0.25, 0.3) is 0 Å². The number of isocyanates is 1. The fourth-order valence-electron chi connectivity index (χ4n) is 1.94. The van der Waals surface area contributed by atoms with Crippen LogP contribution in [0, 0.1) is 0 Å². The quantitative estimate of drug-likeness (QED) is 0.538. The van der Waals surface area contributed by atoms with Crippen LogP contribution in [-0.4, -0.2) is 17.2 Å². The highest BCUT2D eigenvalue weighted by Gasteiger charge is 2.20. The molecule has 1 aromatic rings. The number of nitrogens with zero attached hydrogens (tertiary/aromatic N) is 1. The Balaban J connectivity index is 2.33. The van der Waals surface area contributed by atoms with Crippen LogP contribution in [0.5, 0.6) is 5.75 Å². The van der Waals surface area contributed by atoms with Crippen molar-refractivity contribution in [3.8, 4) is 5.75 Å². The number of fused-ring (bicyclic) bond motifs is 1. The van der Waals surface area contributed by atoms with Crippen LogP contribution in [0.15, 0.2) is 23.2 Å². The number of aryl methyl sites for hydroxylation is 1. The predicted octanol–water partition coefficient (Wildman–Crippen LogP) is 1.59. The average Bonchev–Trinajstić information content (AvgIpc) is 2.20. The number of phenols is 1. The predicted molar refractivity (Wildman–Crippen MR) is 52.0 cm³/mol. The molecule has 0 bridgehead atoms. The van der Waals surface area contributed by atoms with Gasteiger partial charge in [0.1, 0.15) is 5.75 Å². The fraction of sp³-hybridized carbons (Fsp3) is 0.364. The van der Waals surface area contributed by atoms with Gasteiger partial charge in [-0.3, -0.25) is 0 Å². The van der Waals surface area contributed by atoms with E-state index in [9.17, 15) is 9.90 Å². The third-order valence-electron chi connectivity index (χ3n) is 2.67. The minimum atomic E-state index is -0.00620. The first-order chi connectivity index (χ1) is 6.81. The molecular weight excluding hydrogens is 178 g/mol. The van der Waals surface area contributed by atoms with Gasteiger partial charge in [-0.1, -0.05) is 12.1 Å². The molecule has 0 heterocycles. The van der Waals surface area contributed by atoms with Crippen molar-refractivity contribution in [2.75, 3.05) is 0 Å². The third-order valence-corrected chi connectivity index (χ3v) is 2.67. The Kier molecular flexibility index (Phi) is 2.33. The number of rotatable bonds is 1. The molecular formula is C11H11NO2. The molecule has 3 nitrogen and oxygen atoms in total. The number of benzene rings is 1. The van der Waals surface area contributed by atoms with Crippen molar-refractivity contribution in [2.45, 2.75) is 25.3 Å². The fourth-order valence-corrected chi connectivity index (χ4v) is 1.94. The van der Waals surface area contributed by atoms with Crippen molar-refractivity contribution in [2.24, 2.45) is 4.99 Å². The summed E-state index contributed by atoms with van der Waals surface area (Å²) in [5, 5.41) is 9.60. The van der Waals surface area contributed by atoms with Crippen molar-refractivity contribution >= 4 is 6.08 Å². The summed E-state index contributed by atoms with van der Waals surface area (Å²) in [6.45, 7) is 0. The molecule has 1 aliphatic carbocycles. The molecule has 1 atom stereocenters. The normalized spacial score (nSPS) is 19.6. The Morgan fingerprint density at radius 3 is 3.14 bits per heavy atom. The summed E-state index contributed by atoms with van der Waals surface area (Å²) >= 11 is 0. The number of hydrogen-bond acceptors (Lipinski definition) is 3. The molecule has 0 saturated heterocycles. The van der Waals surface area contributed by atoms with E-state index in [1.54, 1.807) is 12.1 Å². The molecule has 1 aliphatic rings. The first kappa shape index (κ1) is 8.97. The summed E-state index contributed by atoms with van der Waals surface area (Å²) in [4.78, 5) is 13.8. The molecule has 0 radical (unpaired) electrons. The smallest absolute Gasteiger partial charge is 0.235 e. The van der Waals surface area contributed by atoms with Gasteiger partial charge in [-0.05, 0) is 36.5 Å². The highest BCUT2D eigenvalue weighted by molar-refractivity contribution is 5.42. The van der Waals surface area contributed by atoms with Crippen molar-refractivity contribution in [3.05, 3.63) is 29.3 Å². The van der Waals surface area contributed by atoms with Crippen LogP contribution >= 0.6 is 0 Å². The van der Waals surface area contributed by atoms with Gasteiger partial charge in [0.2, 0.25) is 6.08 Å². The zero-order chi connectivity index (χ0) is 9.97. The van der Waals surface area contributed by atoms with Gasteiger partial charge in [0.15, 0.2) is 0 Å². The van der Waals surface area contributed by atoms with Crippen LogP contribution in [0.3, 0.4) is 0 Å². The lowest BCUT2D eigenvalue weighted by molar-refractivity contribution is 0.454. The summed E-state index contributed by atoms with van der Waals surface area (Å²) in [5.74, 6) is 0.313. The van der Waals surface area contributed by atoms with E-state index in [-0.39, 0.29) is 6.04 Å². The van der Waals surface area contributed by atoms with E-state index in [4.69, 9.17) is 0 Å². The first-order valence-corrected chi connectivity index (χ1v) is 4.68. The molecule has 3 heteroatoms. The number of carbonyl (C=O) groups excluding carboxylic acids is 1. The molecule has 0 aromatic heterocycles. The molecule has 1 N–H and O–H groups in total. The molecule has 0 amide bonds. The van der Waals surface area contributed by atoms with E-state index in [1.807, 2.05) is 12.1 Å². The van der Waals surface area contributed by atoms with Gasteiger partial charge in [-0.25, -0.2) is 9.79 Å². The summed E-state index contributed by atoms with van der Waals surface area (Å²) in [6, 6.07) is 5.52. The molecule has 0 spiro atoms. The molecule has 0 aliphatic heterocycles. The molecule has 0 saturated carbocycles. The van der Waals surface area contributed by atoms with Crippen molar-refractivity contribution in [1.29, 1.82) is 0 Å². The van der Waals surface area contributed by atoms with Crippen molar-refractivity contribution in [1.82, 2.24) is 0 Å². The van der Waals surface area contributed by atoms with Crippen LogP contribution in [0.1, 0.15) is 17.5 Å². The summed E-state index contributed by atoms with van der Waals surface area (Å²) in [5.41, 5.74) is 2.10. The van der Waals surface area contributed by atoms with E-state index < -0.39 is 0 Å². The van der Waals surface area contributed by atoms with Crippen molar-refractivity contribution in [3.63, 3.8) is 0 Å². The lowest BCUT2D eigenvalue weighted by atomic mass is 9.88. The molecule has 0 fully saturated rings. The lowest BCUT2D eigenvalue weighted by Crippen LogP contribution is -2.17. The largest absolute Gasteiger partial charge is 0.508 e. The maximum atomic E-state index is 10.1. The minimum absolute atomic E-state index is 0.00620. The Bertz CT molecular complexity index is 394. The molecule has 1 aromatic carbocycles. The van der Waals surface area contributed by atoms with Gasteiger partial charge in [0.05, 0.1) is 6.04 Å². The lowest BCUT2D eigenvalue weighted by Gasteiger charge is -2.21. The van der Waals surface area contributed by atoms with Gasteiger partial charge in [0.25, 0.3) is 0 Å². The van der Waals surface area contributed by atoms with Crippen molar-refractivity contribution < 1.29 is 9.90 Å². The van der Waals surface area contributed by atoms with Gasteiger partial charge >= 0.3 is 0 Å². The van der Waals surface area contributed by atoms with E-state index in [0.717, 1.165) is 18.4 Å². The SMILES string of the molecule is O=C=NC1CCc2cccc(O)c2C1. The second-order valence-corrected chi connectivity index (χ2v) is 3.53. The minimum Gasteiger partial charge on any atom is -0.508 e. The van der Waals surface area contributed by atoms with Gasteiger partial charge < -0.3 is 5.11 Å². The van der Waals surface area contributed by atoms with E-state index >= 15 is 0 Å². The Labute approximate surface area is 82.1 Å². The second-order valence-electron chi connectivity index (χ2n) is 3.53. The monoisotopic (exact) mass is 189 g/mol. The van der Waals surface area contributed by atoms with Gasteiger partial charge in [-0.15, -0.1) is 0 Å². The van der Waals surface area contributed by atoms with Crippen LogP contribution in [0.4, 0.5) is 0 Å². The Hall–Kier alpha value is -1.60. The standard InChI is InChI=1S/C11H11NO2/c13-7-12-9-5-4-8-2-1-3-11(14)10(8)6-9/h1-3,9,14H,4-6H2. The number of phenolic OH excluding ortho intramolecular Hbond substituents is 1. The third kappa shape index (κ3) is 1.54. The topological polar surface area (TPSA) is 49.7 Å². The van der Waals surface area contributed by atoms with Crippen LogP contribution in [-0.2, 0) is 17.6 Å². The molecule has 14 heavy (non-hydrogen) atoms. The Morgan fingerprint density at radius 1 is 1.50 bits per heavy atom. The van der Waals surface area contributed by atoms with E-state index in [0.29, 0.717) is 12.2 Å². The highest BCUT2D eigenvalue weighted by Crippen LogP contribution is 2.29. The highest BCUT2D eigenvalue weighted by atomic mass is 16.3. The van der Waals surface area contributed by atoms with E-state index in [1.165, 1.54) is 5.56 Å². The molecule has 72 valence electrons. The first-order valence-electron chi connectivity index (χ1n) is 4.68. The Morgan fingerprint density at radius 2 is 2.36 bits per heavy atom. The number of aliphatic imine (C=N–C) groups is 1. The van der Waals surface area contributed by atoms with E-state index in [2.05, 4.69) is 4.99 Å².